The second-order valence-electron chi connectivity index (χ2n) is 5.90. The topological polar surface area (TPSA) is 69.5 Å². The smallest absolute Gasteiger partial charge is 0.268 e. The van der Waals surface area contributed by atoms with Crippen molar-refractivity contribution in [3.63, 3.8) is 0 Å². The highest BCUT2D eigenvalue weighted by molar-refractivity contribution is 5.97. The number of ether oxygens (including phenoxy) is 1. The molecule has 26 heavy (non-hydrogen) atoms. The molecule has 0 fully saturated rings. The zero-order valence-electron chi connectivity index (χ0n) is 14.3. The standard InChI is InChI=1S/C20H18N2O4/c1-24-15-6-4-14(5-7-15)13-22-17-8-10-26-19(17)11-18(22)20(23)21-12-16-3-2-9-25-16/h2-11H,12-13H2,1H3,(H,21,23). The Bertz CT molecular complexity index is 1010. The summed E-state index contributed by atoms with van der Waals surface area (Å²) < 4.78 is 17.9. The summed E-state index contributed by atoms with van der Waals surface area (Å²) in [4.78, 5) is 12.7. The van der Waals surface area contributed by atoms with Crippen LogP contribution in [0.5, 0.6) is 5.75 Å². The number of nitrogens with zero attached hydrogens (tertiary/aromatic N) is 1. The molecule has 132 valence electrons. The van der Waals surface area contributed by atoms with E-state index in [2.05, 4.69) is 5.32 Å². The lowest BCUT2D eigenvalue weighted by molar-refractivity contribution is 0.0939. The summed E-state index contributed by atoms with van der Waals surface area (Å²) in [6, 6.07) is 15.0. The van der Waals surface area contributed by atoms with E-state index in [0.29, 0.717) is 30.1 Å². The Morgan fingerprint density at radius 3 is 2.69 bits per heavy atom. The Morgan fingerprint density at radius 2 is 1.96 bits per heavy atom. The molecular formula is C20H18N2O4. The van der Waals surface area contributed by atoms with Gasteiger partial charge < -0.3 is 23.5 Å². The molecule has 0 radical (unpaired) electrons. The lowest BCUT2D eigenvalue weighted by Gasteiger charge is -2.11. The molecule has 0 aliphatic carbocycles. The van der Waals surface area contributed by atoms with E-state index < -0.39 is 0 Å². The molecule has 0 unspecified atom stereocenters. The SMILES string of the molecule is COc1ccc(Cn2c(C(=O)NCc3ccco3)cc3occc32)cc1. The van der Waals surface area contributed by atoms with E-state index in [4.69, 9.17) is 13.6 Å². The lowest BCUT2D eigenvalue weighted by atomic mass is 10.2. The Balaban J connectivity index is 1.60. The molecule has 6 heteroatoms. The molecule has 4 rings (SSSR count). The molecule has 0 spiro atoms. The first-order valence-corrected chi connectivity index (χ1v) is 8.25. The number of hydrogen-bond acceptors (Lipinski definition) is 4. The second kappa shape index (κ2) is 6.84. The molecular weight excluding hydrogens is 332 g/mol. The van der Waals surface area contributed by atoms with Crippen molar-refractivity contribution in [2.75, 3.05) is 7.11 Å². The molecule has 3 heterocycles. The monoisotopic (exact) mass is 350 g/mol. The number of rotatable bonds is 6. The van der Waals surface area contributed by atoms with Gasteiger partial charge in [0.2, 0.25) is 0 Å². The Kier molecular flexibility index (Phi) is 4.23. The maximum absolute atomic E-state index is 12.7. The Morgan fingerprint density at radius 1 is 1.12 bits per heavy atom. The maximum Gasteiger partial charge on any atom is 0.268 e. The number of carbonyl (C=O) groups excluding carboxylic acids is 1. The third-order valence-electron chi connectivity index (χ3n) is 4.26. The Labute approximate surface area is 150 Å². The van der Waals surface area contributed by atoms with E-state index in [1.807, 2.05) is 41.0 Å². The molecule has 3 aromatic heterocycles. The summed E-state index contributed by atoms with van der Waals surface area (Å²) in [6.45, 7) is 0.886. The van der Waals surface area contributed by atoms with Crippen molar-refractivity contribution in [2.24, 2.45) is 0 Å². The van der Waals surface area contributed by atoms with Gasteiger partial charge in [0, 0.05) is 18.7 Å². The summed E-state index contributed by atoms with van der Waals surface area (Å²) in [7, 11) is 1.64. The van der Waals surface area contributed by atoms with E-state index in [-0.39, 0.29) is 5.91 Å². The second-order valence-corrected chi connectivity index (χ2v) is 5.90. The molecule has 1 amide bonds. The number of nitrogens with one attached hydrogen (secondary N) is 1. The highest BCUT2D eigenvalue weighted by Crippen LogP contribution is 2.23. The largest absolute Gasteiger partial charge is 0.497 e. The fourth-order valence-electron chi connectivity index (χ4n) is 2.92. The predicted molar refractivity (Wildman–Crippen MR) is 96.2 cm³/mol. The number of hydrogen-bond donors (Lipinski definition) is 1. The van der Waals surface area contributed by atoms with E-state index in [1.54, 1.807) is 31.8 Å². The minimum atomic E-state index is -0.179. The summed E-state index contributed by atoms with van der Waals surface area (Å²) in [5.41, 5.74) is 3.16. The molecule has 0 aliphatic heterocycles. The zero-order chi connectivity index (χ0) is 17.9. The first-order valence-electron chi connectivity index (χ1n) is 8.25. The van der Waals surface area contributed by atoms with Crippen LogP contribution in [0.1, 0.15) is 21.8 Å². The normalized spacial score (nSPS) is 11.0. The summed E-state index contributed by atoms with van der Waals surface area (Å²) in [6.07, 6.45) is 3.21. The van der Waals surface area contributed by atoms with Crippen LogP contribution in [0.15, 0.2) is 69.9 Å². The van der Waals surface area contributed by atoms with Gasteiger partial charge in [0.05, 0.1) is 31.7 Å². The average molecular weight is 350 g/mol. The van der Waals surface area contributed by atoms with Crippen molar-refractivity contribution in [1.29, 1.82) is 0 Å². The van der Waals surface area contributed by atoms with Crippen LogP contribution in [-0.2, 0) is 13.1 Å². The van der Waals surface area contributed by atoms with Gasteiger partial charge in [0.1, 0.15) is 17.2 Å². The minimum absolute atomic E-state index is 0.179. The molecule has 6 nitrogen and oxygen atoms in total. The minimum Gasteiger partial charge on any atom is -0.497 e. The summed E-state index contributed by atoms with van der Waals surface area (Å²) in [5.74, 6) is 1.32. The first-order chi connectivity index (χ1) is 12.7. The van der Waals surface area contributed by atoms with Crippen LogP contribution in [0.3, 0.4) is 0 Å². The van der Waals surface area contributed by atoms with Gasteiger partial charge in [-0.1, -0.05) is 12.1 Å². The number of fused-ring (bicyclic) bond motifs is 1. The third kappa shape index (κ3) is 3.09. The van der Waals surface area contributed by atoms with Crippen molar-refractivity contribution < 1.29 is 18.4 Å². The molecule has 0 saturated heterocycles. The van der Waals surface area contributed by atoms with Gasteiger partial charge in [0.15, 0.2) is 5.58 Å². The third-order valence-corrected chi connectivity index (χ3v) is 4.26. The maximum atomic E-state index is 12.7. The number of methoxy groups -OCH3 is 1. The van der Waals surface area contributed by atoms with E-state index in [0.717, 1.165) is 16.8 Å². The van der Waals surface area contributed by atoms with Crippen LogP contribution >= 0.6 is 0 Å². The molecule has 0 bridgehead atoms. The molecule has 0 aliphatic rings. The molecule has 1 N–H and O–H groups in total. The average Bonchev–Trinajstić information content (AvgIpc) is 3.39. The van der Waals surface area contributed by atoms with E-state index in [9.17, 15) is 4.79 Å². The summed E-state index contributed by atoms with van der Waals surface area (Å²) in [5, 5.41) is 2.88. The molecule has 1 aromatic carbocycles. The van der Waals surface area contributed by atoms with E-state index >= 15 is 0 Å². The van der Waals surface area contributed by atoms with Gasteiger partial charge in [-0.05, 0) is 29.8 Å². The van der Waals surface area contributed by atoms with Gasteiger partial charge in [-0.3, -0.25) is 4.79 Å². The number of benzene rings is 1. The zero-order valence-corrected chi connectivity index (χ0v) is 14.3. The van der Waals surface area contributed by atoms with Gasteiger partial charge in [-0.2, -0.15) is 0 Å². The number of aromatic nitrogens is 1. The van der Waals surface area contributed by atoms with Crippen LogP contribution in [0.25, 0.3) is 11.1 Å². The van der Waals surface area contributed by atoms with Crippen LogP contribution in [0.2, 0.25) is 0 Å². The number of carbonyl (C=O) groups is 1. The number of amides is 1. The quantitative estimate of drug-likeness (QED) is 0.574. The highest BCUT2D eigenvalue weighted by atomic mass is 16.5. The van der Waals surface area contributed by atoms with Crippen molar-refractivity contribution in [3.05, 3.63) is 78.1 Å². The lowest BCUT2D eigenvalue weighted by Crippen LogP contribution is -2.25. The van der Waals surface area contributed by atoms with Gasteiger partial charge >= 0.3 is 0 Å². The predicted octanol–water partition coefficient (Wildman–Crippen LogP) is 3.81. The fourth-order valence-corrected chi connectivity index (χ4v) is 2.92. The van der Waals surface area contributed by atoms with Crippen molar-refractivity contribution in [3.8, 4) is 5.75 Å². The molecule has 4 aromatic rings. The summed E-state index contributed by atoms with van der Waals surface area (Å²) >= 11 is 0. The van der Waals surface area contributed by atoms with Crippen molar-refractivity contribution >= 4 is 17.0 Å². The van der Waals surface area contributed by atoms with Crippen LogP contribution in [-0.4, -0.2) is 17.6 Å². The van der Waals surface area contributed by atoms with Crippen LogP contribution in [0, 0.1) is 0 Å². The number of furan rings is 2. The molecule has 0 saturated carbocycles. The van der Waals surface area contributed by atoms with Gasteiger partial charge in [-0.15, -0.1) is 0 Å². The first kappa shape index (κ1) is 16.1. The van der Waals surface area contributed by atoms with Crippen molar-refractivity contribution in [2.45, 2.75) is 13.1 Å². The Hall–Kier alpha value is -3.41. The highest BCUT2D eigenvalue weighted by Gasteiger charge is 2.18. The van der Waals surface area contributed by atoms with Crippen LogP contribution < -0.4 is 10.1 Å². The van der Waals surface area contributed by atoms with Gasteiger partial charge in [0.25, 0.3) is 5.91 Å². The fraction of sp³-hybridized carbons (Fsp3) is 0.150. The van der Waals surface area contributed by atoms with Gasteiger partial charge in [-0.25, -0.2) is 0 Å². The van der Waals surface area contributed by atoms with E-state index in [1.165, 1.54) is 0 Å². The van der Waals surface area contributed by atoms with Crippen LogP contribution in [0.4, 0.5) is 0 Å². The van der Waals surface area contributed by atoms with Crippen molar-refractivity contribution in [1.82, 2.24) is 9.88 Å². The molecule has 0 atom stereocenters.